The molecule has 0 saturated carbocycles. The van der Waals surface area contributed by atoms with Gasteiger partial charge >= 0.3 is 6.18 Å². The molecule has 0 saturated heterocycles. The summed E-state index contributed by atoms with van der Waals surface area (Å²) < 4.78 is 46.6. The molecule has 5 aromatic rings. The van der Waals surface area contributed by atoms with E-state index in [1.807, 2.05) is 60.7 Å². The second-order valence-corrected chi connectivity index (χ2v) is 8.98. The molecular formula is C30H21F3N4O4. The van der Waals surface area contributed by atoms with Gasteiger partial charge in [-0.05, 0) is 37.3 Å². The Bertz CT molecular complexity index is 1740. The number of aromatic nitrogens is 2. The number of nitrogens with one attached hydrogen (secondary N) is 1. The van der Waals surface area contributed by atoms with E-state index in [0.717, 1.165) is 36.0 Å². The van der Waals surface area contributed by atoms with Gasteiger partial charge in [-0.25, -0.2) is 4.68 Å². The highest BCUT2D eigenvalue weighted by molar-refractivity contribution is 6.09. The molecule has 11 heteroatoms. The number of hydrogen-bond donors (Lipinski definition) is 1. The Kier molecular flexibility index (Phi) is 7.26. The first kappa shape index (κ1) is 27.1. The third kappa shape index (κ3) is 5.93. The van der Waals surface area contributed by atoms with Gasteiger partial charge in [0.15, 0.2) is 0 Å². The lowest BCUT2D eigenvalue weighted by Crippen LogP contribution is -2.14. The molecule has 5 rings (SSSR count). The second kappa shape index (κ2) is 11.0. The van der Waals surface area contributed by atoms with Gasteiger partial charge < -0.3 is 10.1 Å². The monoisotopic (exact) mass is 558 g/mol. The van der Waals surface area contributed by atoms with E-state index >= 15 is 0 Å². The van der Waals surface area contributed by atoms with Gasteiger partial charge in [0.1, 0.15) is 17.2 Å². The first-order valence-corrected chi connectivity index (χ1v) is 12.3. The smallest absolute Gasteiger partial charge is 0.416 e. The number of hydrogen-bond acceptors (Lipinski definition) is 5. The molecular weight excluding hydrogens is 537 g/mol. The first-order valence-electron chi connectivity index (χ1n) is 12.3. The van der Waals surface area contributed by atoms with Crippen LogP contribution in [0.3, 0.4) is 0 Å². The van der Waals surface area contributed by atoms with Crippen LogP contribution in [0.5, 0.6) is 11.5 Å². The molecule has 1 N–H and O–H groups in total. The highest BCUT2D eigenvalue weighted by Gasteiger charge is 2.31. The third-order valence-corrected chi connectivity index (χ3v) is 6.15. The summed E-state index contributed by atoms with van der Waals surface area (Å²) in [5.74, 6) is -0.896. The molecule has 0 aliphatic carbocycles. The van der Waals surface area contributed by atoms with Crippen molar-refractivity contribution in [2.24, 2.45) is 0 Å². The van der Waals surface area contributed by atoms with Crippen molar-refractivity contribution in [2.75, 3.05) is 5.32 Å². The summed E-state index contributed by atoms with van der Waals surface area (Å²) in [7, 11) is 0. The Labute approximate surface area is 231 Å². The molecule has 0 aliphatic heterocycles. The summed E-state index contributed by atoms with van der Waals surface area (Å²) in [5.41, 5.74) is 1.23. The van der Waals surface area contributed by atoms with Crippen LogP contribution in [0.4, 0.5) is 24.5 Å². The van der Waals surface area contributed by atoms with Crippen molar-refractivity contribution in [1.29, 1.82) is 0 Å². The van der Waals surface area contributed by atoms with E-state index in [-0.39, 0.29) is 22.7 Å². The van der Waals surface area contributed by atoms with E-state index in [0.29, 0.717) is 17.0 Å². The number of nitrogens with zero attached hydrogens (tertiary/aromatic N) is 3. The van der Waals surface area contributed by atoms with Crippen molar-refractivity contribution in [2.45, 2.75) is 13.1 Å². The van der Waals surface area contributed by atoms with Crippen molar-refractivity contribution in [3.8, 4) is 28.4 Å². The highest BCUT2D eigenvalue weighted by atomic mass is 19.4. The number of anilines is 1. The molecule has 1 aromatic heterocycles. The summed E-state index contributed by atoms with van der Waals surface area (Å²) >= 11 is 0. The highest BCUT2D eigenvalue weighted by Crippen LogP contribution is 2.35. The number of amides is 1. The Morgan fingerprint density at radius 3 is 2.24 bits per heavy atom. The zero-order chi connectivity index (χ0) is 29.1. The zero-order valence-electron chi connectivity index (χ0n) is 21.4. The molecule has 0 spiro atoms. The van der Waals surface area contributed by atoms with Crippen molar-refractivity contribution >= 4 is 17.3 Å². The van der Waals surface area contributed by atoms with Crippen molar-refractivity contribution < 1.29 is 27.6 Å². The number of rotatable bonds is 7. The molecule has 41 heavy (non-hydrogen) atoms. The van der Waals surface area contributed by atoms with Crippen molar-refractivity contribution in [1.82, 2.24) is 9.78 Å². The van der Waals surface area contributed by atoms with E-state index in [1.54, 1.807) is 11.6 Å². The maximum Gasteiger partial charge on any atom is 0.416 e. The molecule has 0 unspecified atom stereocenters. The maximum absolute atomic E-state index is 13.7. The number of halogens is 3. The van der Waals surface area contributed by atoms with Gasteiger partial charge in [-0.2, -0.15) is 18.3 Å². The van der Waals surface area contributed by atoms with Gasteiger partial charge in [-0.1, -0.05) is 54.6 Å². The molecule has 4 aromatic carbocycles. The molecule has 0 aliphatic rings. The first-order chi connectivity index (χ1) is 19.6. The molecule has 8 nitrogen and oxygen atoms in total. The number of ether oxygens (including phenoxy) is 1. The van der Waals surface area contributed by atoms with E-state index in [9.17, 15) is 28.1 Å². The number of non-ortho nitro benzene ring substituents is 1. The zero-order valence-corrected chi connectivity index (χ0v) is 21.4. The maximum atomic E-state index is 13.7. The van der Waals surface area contributed by atoms with Crippen LogP contribution in [-0.4, -0.2) is 20.6 Å². The summed E-state index contributed by atoms with van der Waals surface area (Å²) in [6.07, 6.45) is -4.60. The molecule has 0 fully saturated rings. The minimum Gasteiger partial charge on any atom is -0.457 e. The third-order valence-electron chi connectivity index (χ3n) is 6.15. The average molecular weight is 559 g/mol. The number of carbonyl (C=O) groups is 1. The normalized spacial score (nSPS) is 11.2. The number of carbonyl (C=O) groups excluding carboxylic acids is 1. The van der Waals surface area contributed by atoms with Crippen LogP contribution in [0, 0.1) is 17.0 Å². The fourth-order valence-electron chi connectivity index (χ4n) is 4.28. The fourth-order valence-corrected chi connectivity index (χ4v) is 4.28. The molecule has 0 bridgehead atoms. The number of nitro groups is 1. The van der Waals surface area contributed by atoms with Crippen LogP contribution in [-0.2, 0) is 6.18 Å². The Balaban J connectivity index is 1.52. The van der Waals surface area contributed by atoms with E-state index in [1.165, 1.54) is 12.1 Å². The second-order valence-electron chi connectivity index (χ2n) is 8.98. The quantitative estimate of drug-likeness (QED) is 0.162. The van der Waals surface area contributed by atoms with Crippen LogP contribution in [0.2, 0.25) is 0 Å². The molecule has 0 radical (unpaired) electrons. The van der Waals surface area contributed by atoms with Crippen LogP contribution in [0.25, 0.3) is 16.9 Å². The van der Waals surface area contributed by atoms with E-state index in [4.69, 9.17) is 9.84 Å². The lowest BCUT2D eigenvalue weighted by Gasteiger charge is -2.12. The Morgan fingerprint density at radius 2 is 1.59 bits per heavy atom. The lowest BCUT2D eigenvalue weighted by atomic mass is 10.1. The van der Waals surface area contributed by atoms with Crippen LogP contribution in [0.15, 0.2) is 103 Å². The number of benzene rings is 4. The summed E-state index contributed by atoms with van der Waals surface area (Å²) in [5, 5.41) is 19.0. The van der Waals surface area contributed by atoms with Crippen LogP contribution in [0.1, 0.15) is 21.6 Å². The summed E-state index contributed by atoms with van der Waals surface area (Å²) in [6, 6.07) is 25.9. The SMILES string of the molecule is Cc1c(C(=O)Nc2cc(Oc3cccc(C(F)(F)F)c3)cc([N+](=O)[O-])c2)c(-c2ccccc2)nn1-c1ccccc1. The molecule has 206 valence electrons. The van der Waals surface area contributed by atoms with Gasteiger partial charge in [0.2, 0.25) is 0 Å². The molecule has 0 atom stereocenters. The number of para-hydroxylation sites is 1. The van der Waals surface area contributed by atoms with Gasteiger partial charge in [-0.15, -0.1) is 0 Å². The standard InChI is InChI=1S/C30H21F3N4O4/c1-19-27(28(20-9-4-2-5-10-20)35-36(19)23-12-6-3-7-13-23)29(38)34-22-16-24(37(39)40)18-26(17-22)41-25-14-8-11-21(15-25)30(31,32)33/h2-18H,1H3,(H,34,38). The molecule has 1 heterocycles. The van der Waals surface area contributed by atoms with E-state index in [2.05, 4.69) is 5.32 Å². The largest absolute Gasteiger partial charge is 0.457 e. The van der Waals surface area contributed by atoms with Gasteiger partial charge in [0.05, 0.1) is 39.2 Å². The predicted molar refractivity (Wildman–Crippen MR) is 146 cm³/mol. The molecule has 1 amide bonds. The Morgan fingerprint density at radius 1 is 0.902 bits per heavy atom. The van der Waals surface area contributed by atoms with Gasteiger partial charge in [0, 0.05) is 17.7 Å². The predicted octanol–water partition coefficient (Wildman–Crippen LogP) is 7.82. The Hall–Kier alpha value is -5.45. The topological polar surface area (TPSA) is 99.3 Å². The van der Waals surface area contributed by atoms with E-state index < -0.39 is 28.3 Å². The van der Waals surface area contributed by atoms with Gasteiger partial charge in [0.25, 0.3) is 11.6 Å². The summed E-state index contributed by atoms with van der Waals surface area (Å²) in [6.45, 7) is 1.73. The number of nitro benzene ring substituents is 1. The minimum atomic E-state index is -4.60. The minimum absolute atomic E-state index is 0.0112. The lowest BCUT2D eigenvalue weighted by molar-refractivity contribution is -0.384. The van der Waals surface area contributed by atoms with Crippen LogP contribution >= 0.6 is 0 Å². The number of alkyl halides is 3. The van der Waals surface area contributed by atoms with Crippen LogP contribution < -0.4 is 10.1 Å². The van der Waals surface area contributed by atoms with Gasteiger partial charge in [-0.3, -0.25) is 14.9 Å². The van der Waals surface area contributed by atoms with Crippen molar-refractivity contribution in [3.63, 3.8) is 0 Å². The van der Waals surface area contributed by atoms with Crippen molar-refractivity contribution in [3.05, 3.63) is 130 Å². The average Bonchev–Trinajstić information content (AvgIpc) is 3.30. The summed E-state index contributed by atoms with van der Waals surface area (Å²) in [4.78, 5) is 24.6. The fraction of sp³-hybridized carbons (Fsp3) is 0.0667.